The molecule has 0 N–H and O–H groups in total. The van der Waals surface area contributed by atoms with Crippen molar-refractivity contribution < 1.29 is 0 Å². The number of halogens is 1. The minimum Gasteiger partial charge on any atom is -0.159 e. The SMILES string of the molecule is Clc1cccc(/C=C/c2cccnn2)c1. The van der Waals surface area contributed by atoms with Crippen LogP contribution in [0.1, 0.15) is 11.3 Å². The summed E-state index contributed by atoms with van der Waals surface area (Å²) in [6, 6.07) is 11.4. The molecule has 0 aliphatic rings. The van der Waals surface area contributed by atoms with Gasteiger partial charge in [-0.05, 0) is 35.9 Å². The average molecular weight is 217 g/mol. The van der Waals surface area contributed by atoms with Crippen LogP contribution in [0.5, 0.6) is 0 Å². The van der Waals surface area contributed by atoms with Crippen molar-refractivity contribution in [3.63, 3.8) is 0 Å². The number of hydrogen-bond donors (Lipinski definition) is 0. The lowest BCUT2D eigenvalue weighted by Gasteiger charge is -1.93. The van der Waals surface area contributed by atoms with Gasteiger partial charge in [-0.1, -0.05) is 29.8 Å². The Labute approximate surface area is 93.2 Å². The van der Waals surface area contributed by atoms with Crippen LogP contribution in [-0.4, -0.2) is 10.2 Å². The minimum absolute atomic E-state index is 0.733. The molecule has 0 aliphatic heterocycles. The monoisotopic (exact) mass is 216 g/mol. The van der Waals surface area contributed by atoms with Gasteiger partial charge in [0.2, 0.25) is 0 Å². The lowest BCUT2D eigenvalue weighted by molar-refractivity contribution is 1.02. The predicted octanol–water partition coefficient (Wildman–Crippen LogP) is 3.30. The second-order valence-corrected chi connectivity index (χ2v) is 3.47. The molecule has 2 rings (SSSR count). The zero-order valence-electron chi connectivity index (χ0n) is 7.97. The van der Waals surface area contributed by atoms with Crippen LogP contribution < -0.4 is 0 Å². The first-order chi connectivity index (χ1) is 7.34. The molecule has 0 amide bonds. The minimum atomic E-state index is 0.733. The molecule has 0 unspecified atom stereocenters. The third-order valence-corrected chi connectivity index (χ3v) is 2.12. The summed E-state index contributed by atoms with van der Waals surface area (Å²) in [4.78, 5) is 0. The van der Waals surface area contributed by atoms with Gasteiger partial charge in [-0.25, -0.2) is 0 Å². The predicted molar refractivity (Wildman–Crippen MR) is 62.4 cm³/mol. The quantitative estimate of drug-likeness (QED) is 0.770. The molecule has 2 aromatic rings. The fourth-order valence-corrected chi connectivity index (χ4v) is 1.39. The Balaban J connectivity index is 2.19. The lowest BCUT2D eigenvalue weighted by atomic mass is 10.2. The van der Waals surface area contributed by atoms with Crippen LogP contribution in [0.15, 0.2) is 42.6 Å². The maximum absolute atomic E-state index is 5.86. The van der Waals surface area contributed by atoms with Crippen LogP contribution in [0.25, 0.3) is 12.2 Å². The highest BCUT2D eigenvalue weighted by atomic mass is 35.5. The Hall–Kier alpha value is -1.67. The summed E-state index contributed by atoms with van der Waals surface area (Å²) in [5, 5.41) is 8.47. The second-order valence-electron chi connectivity index (χ2n) is 3.04. The number of rotatable bonds is 2. The molecule has 1 aromatic carbocycles. The summed E-state index contributed by atoms with van der Waals surface area (Å²) in [6.07, 6.45) is 5.51. The van der Waals surface area contributed by atoms with Crippen molar-refractivity contribution in [2.75, 3.05) is 0 Å². The van der Waals surface area contributed by atoms with Crippen molar-refractivity contribution in [2.45, 2.75) is 0 Å². The van der Waals surface area contributed by atoms with Gasteiger partial charge in [0.05, 0.1) is 5.69 Å². The molecule has 0 saturated heterocycles. The zero-order valence-corrected chi connectivity index (χ0v) is 8.72. The van der Waals surface area contributed by atoms with E-state index >= 15 is 0 Å². The van der Waals surface area contributed by atoms with Gasteiger partial charge in [0.15, 0.2) is 0 Å². The first kappa shape index (κ1) is 9.87. The largest absolute Gasteiger partial charge is 0.159 e. The number of nitrogens with zero attached hydrogens (tertiary/aromatic N) is 2. The van der Waals surface area contributed by atoms with E-state index in [1.54, 1.807) is 6.20 Å². The van der Waals surface area contributed by atoms with Crippen molar-refractivity contribution >= 4 is 23.8 Å². The van der Waals surface area contributed by atoms with Gasteiger partial charge in [0.25, 0.3) is 0 Å². The molecule has 0 fully saturated rings. The van der Waals surface area contributed by atoms with Crippen LogP contribution in [-0.2, 0) is 0 Å². The third kappa shape index (κ3) is 2.89. The molecule has 2 nitrogen and oxygen atoms in total. The highest BCUT2D eigenvalue weighted by molar-refractivity contribution is 6.30. The van der Waals surface area contributed by atoms with Crippen LogP contribution in [0.3, 0.4) is 0 Å². The van der Waals surface area contributed by atoms with Crippen LogP contribution >= 0.6 is 11.6 Å². The van der Waals surface area contributed by atoms with Crippen molar-refractivity contribution in [1.82, 2.24) is 10.2 Å². The van der Waals surface area contributed by atoms with E-state index in [1.165, 1.54) is 0 Å². The molecule has 0 saturated carbocycles. The fourth-order valence-electron chi connectivity index (χ4n) is 1.19. The molecule has 0 atom stereocenters. The Morgan fingerprint density at radius 1 is 1.07 bits per heavy atom. The normalized spacial score (nSPS) is 10.7. The van der Waals surface area contributed by atoms with Gasteiger partial charge in [0.1, 0.15) is 0 Å². The smallest absolute Gasteiger partial charge is 0.0857 e. The van der Waals surface area contributed by atoms with Gasteiger partial charge >= 0.3 is 0 Å². The van der Waals surface area contributed by atoms with Gasteiger partial charge in [-0.3, -0.25) is 0 Å². The van der Waals surface area contributed by atoms with Crippen LogP contribution in [0.4, 0.5) is 0 Å². The van der Waals surface area contributed by atoms with Crippen molar-refractivity contribution in [3.05, 3.63) is 58.9 Å². The molecule has 1 heterocycles. The Morgan fingerprint density at radius 2 is 2.00 bits per heavy atom. The Bertz CT molecular complexity index is 466. The van der Waals surface area contributed by atoms with E-state index in [4.69, 9.17) is 11.6 Å². The van der Waals surface area contributed by atoms with Gasteiger partial charge in [0, 0.05) is 11.2 Å². The summed E-state index contributed by atoms with van der Waals surface area (Å²) < 4.78 is 0. The summed E-state index contributed by atoms with van der Waals surface area (Å²) in [5.41, 5.74) is 1.88. The molecule has 0 spiro atoms. The van der Waals surface area contributed by atoms with E-state index in [-0.39, 0.29) is 0 Å². The molecule has 0 aliphatic carbocycles. The van der Waals surface area contributed by atoms with Crippen molar-refractivity contribution in [1.29, 1.82) is 0 Å². The van der Waals surface area contributed by atoms with Gasteiger partial charge in [-0.2, -0.15) is 10.2 Å². The highest BCUT2D eigenvalue weighted by Gasteiger charge is 1.90. The summed E-state index contributed by atoms with van der Waals surface area (Å²) in [6.45, 7) is 0. The molecular formula is C12H9ClN2. The van der Waals surface area contributed by atoms with Crippen molar-refractivity contribution in [3.8, 4) is 0 Å². The summed E-state index contributed by atoms with van der Waals surface area (Å²) in [5.74, 6) is 0. The summed E-state index contributed by atoms with van der Waals surface area (Å²) >= 11 is 5.86. The maximum Gasteiger partial charge on any atom is 0.0857 e. The number of aromatic nitrogens is 2. The van der Waals surface area contributed by atoms with E-state index in [1.807, 2.05) is 48.6 Å². The van der Waals surface area contributed by atoms with E-state index in [0.29, 0.717) is 0 Å². The maximum atomic E-state index is 5.86. The van der Waals surface area contributed by atoms with Crippen LogP contribution in [0, 0.1) is 0 Å². The molecule has 74 valence electrons. The van der Waals surface area contributed by atoms with E-state index < -0.39 is 0 Å². The average Bonchev–Trinajstić information content (AvgIpc) is 2.28. The molecule has 1 aromatic heterocycles. The van der Waals surface area contributed by atoms with E-state index in [2.05, 4.69) is 10.2 Å². The third-order valence-electron chi connectivity index (χ3n) is 1.89. The molecule has 0 radical (unpaired) electrons. The number of hydrogen-bond acceptors (Lipinski definition) is 2. The summed E-state index contributed by atoms with van der Waals surface area (Å²) in [7, 11) is 0. The van der Waals surface area contributed by atoms with Gasteiger partial charge in [-0.15, -0.1) is 0 Å². The first-order valence-electron chi connectivity index (χ1n) is 4.56. The zero-order chi connectivity index (χ0) is 10.5. The molecule has 0 bridgehead atoms. The fraction of sp³-hybridized carbons (Fsp3) is 0. The Kier molecular flexibility index (Phi) is 3.10. The van der Waals surface area contributed by atoms with E-state index in [9.17, 15) is 0 Å². The van der Waals surface area contributed by atoms with Crippen LogP contribution in [0.2, 0.25) is 5.02 Å². The van der Waals surface area contributed by atoms with Gasteiger partial charge < -0.3 is 0 Å². The Morgan fingerprint density at radius 3 is 2.73 bits per heavy atom. The lowest BCUT2D eigenvalue weighted by Crippen LogP contribution is -1.82. The first-order valence-corrected chi connectivity index (χ1v) is 4.94. The topological polar surface area (TPSA) is 25.8 Å². The molecule has 15 heavy (non-hydrogen) atoms. The molecule has 3 heteroatoms. The standard InChI is InChI=1S/C12H9ClN2/c13-11-4-1-3-10(9-11)6-7-12-5-2-8-14-15-12/h1-9H/b7-6+. The molecular weight excluding hydrogens is 208 g/mol. The van der Waals surface area contributed by atoms with Crippen molar-refractivity contribution in [2.24, 2.45) is 0 Å². The second kappa shape index (κ2) is 4.71. The van der Waals surface area contributed by atoms with E-state index in [0.717, 1.165) is 16.3 Å². The number of benzene rings is 1. The highest BCUT2D eigenvalue weighted by Crippen LogP contribution is 2.12.